The molecule has 3 aliphatic heterocycles. The number of pyridine rings is 1. The number of fused-ring (bicyclic) bond motifs is 5. The smallest absolute Gasteiger partial charge is 0.354 e. The summed E-state index contributed by atoms with van der Waals surface area (Å²) in [5, 5.41) is 9.00. The van der Waals surface area contributed by atoms with Crippen molar-refractivity contribution < 1.29 is 14.6 Å². The molecule has 2 bridgehead atoms. The zero-order chi connectivity index (χ0) is 13.0. The lowest BCUT2D eigenvalue weighted by atomic mass is 9.86. The summed E-state index contributed by atoms with van der Waals surface area (Å²) in [6.07, 6.45) is 4.78. The fourth-order valence-electron chi connectivity index (χ4n) is 3.43. The minimum atomic E-state index is -0.980. The Morgan fingerprint density at radius 1 is 1.26 bits per heavy atom. The molecule has 0 spiro atoms. The standard InChI is InChI=1S/C14H14N2O3/c17-14(18)10-2-1-3-13(15-10)16-6-8-9(7-16)12-5-4-11(8)19-12/h1-5,8-9,11-12H,6-7H2,(H,17,18). The topological polar surface area (TPSA) is 62.7 Å². The van der Waals surface area contributed by atoms with Crippen LogP contribution in [0.25, 0.3) is 0 Å². The van der Waals surface area contributed by atoms with Gasteiger partial charge in [-0.2, -0.15) is 0 Å². The fraction of sp³-hybridized carbons (Fsp3) is 0.429. The van der Waals surface area contributed by atoms with Crippen LogP contribution in [-0.2, 0) is 4.74 Å². The second kappa shape index (κ2) is 3.81. The Hall–Kier alpha value is -1.88. The number of aromatic carboxylic acids is 1. The lowest BCUT2D eigenvalue weighted by molar-refractivity contribution is 0.0690. The molecule has 0 aliphatic carbocycles. The number of anilines is 1. The first-order valence-corrected chi connectivity index (χ1v) is 6.51. The molecule has 5 nitrogen and oxygen atoms in total. The minimum Gasteiger partial charge on any atom is -0.477 e. The third kappa shape index (κ3) is 1.58. The van der Waals surface area contributed by atoms with Crippen LogP contribution in [-0.4, -0.2) is 41.4 Å². The van der Waals surface area contributed by atoms with Crippen molar-refractivity contribution in [1.82, 2.24) is 4.98 Å². The molecule has 5 heteroatoms. The number of nitrogens with zero attached hydrogens (tertiary/aromatic N) is 2. The molecule has 0 radical (unpaired) electrons. The summed E-state index contributed by atoms with van der Waals surface area (Å²) in [4.78, 5) is 17.4. The van der Waals surface area contributed by atoms with Gasteiger partial charge in [-0.1, -0.05) is 18.2 Å². The fourth-order valence-corrected chi connectivity index (χ4v) is 3.43. The van der Waals surface area contributed by atoms with Crippen molar-refractivity contribution in [3.05, 3.63) is 36.0 Å². The molecule has 0 saturated carbocycles. The van der Waals surface area contributed by atoms with Gasteiger partial charge in [0.2, 0.25) is 0 Å². The Morgan fingerprint density at radius 2 is 1.95 bits per heavy atom. The van der Waals surface area contributed by atoms with Crippen molar-refractivity contribution >= 4 is 11.8 Å². The molecule has 4 heterocycles. The summed E-state index contributed by atoms with van der Waals surface area (Å²) < 4.78 is 5.83. The molecular weight excluding hydrogens is 244 g/mol. The van der Waals surface area contributed by atoms with Crippen LogP contribution in [0.2, 0.25) is 0 Å². The number of hydrogen-bond acceptors (Lipinski definition) is 4. The van der Waals surface area contributed by atoms with E-state index in [0.29, 0.717) is 11.8 Å². The zero-order valence-electron chi connectivity index (χ0n) is 10.3. The van der Waals surface area contributed by atoms with E-state index in [0.717, 1.165) is 18.9 Å². The van der Waals surface area contributed by atoms with Crippen molar-refractivity contribution in [2.45, 2.75) is 12.2 Å². The number of hydrogen-bond donors (Lipinski definition) is 1. The van der Waals surface area contributed by atoms with Gasteiger partial charge in [-0.05, 0) is 12.1 Å². The van der Waals surface area contributed by atoms with Gasteiger partial charge in [0.05, 0.1) is 12.2 Å². The molecule has 1 aromatic rings. The molecule has 4 unspecified atom stereocenters. The maximum atomic E-state index is 11.0. The van der Waals surface area contributed by atoms with Crippen molar-refractivity contribution in [3.63, 3.8) is 0 Å². The third-order valence-corrected chi connectivity index (χ3v) is 4.34. The van der Waals surface area contributed by atoms with Crippen LogP contribution in [0.15, 0.2) is 30.4 Å². The molecule has 0 aromatic carbocycles. The first-order chi connectivity index (χ1) is 9.22. The quantitative estimate of drug-likeness (QED) is 0.807. The first-order valence-electron chi connectivity index (χ1n) is 6.51. The summed E-state index contributed by atoms with van der Waals surface area (Å²) in [5.74, 6) is 0.815. The average Bonchev–Trinajstić information content (AvgIpc) is 3.11. The molecule has 2 saturated heterocycles. The maximum absolute atomic E-state index is 11.0. The van der Waals surface area contributed by atoms with Crippen LogP contribution in [0.1, 0.15) is 10.5 Å². The van der Waals surface area contributed by atoms with Crippen molar-refractivity contribution in [1.29, 1.82) is 0 Å². The molecule has 4 rings (SSSR count). The normalized spacial score (nSPS) is 34.8. The Balaban J connectivity index is 1.59. The lowest BCUT2D eigenvalue weighted by Crippen LogP contribution is -2.25. The summed E-state index contributed by atoms with van der Waals surface area (Å²) in [5.41, 5.74) is 0.104. The number of ether oxygens (including phenoxy) is 1. The van der Waals surface area contributed by atoms with Crippen LogP contribution in [0.3, 0.4) is 0 Å². The Labute approximate surface area is 110 Å². The number of rotatable bonds is 2. The molecular formula is C14H14N2O3. The predicted molar refractivity (Wildman–Crippen MR) is 68.2 cm³/mol. The molecule has 2 fully saturated rings. The van der Waals surface area contributed by atoms with Gasteiger partial charge in [-0.15, -0.1) is 0 Å². The van der Waals surface area contributed by atoms with Crippen LogP contribution >= 0.6 is 0 Å². The van der Waals surface area contributed by atoms with Crippen LogP contribution < -0.4 is 4.90 Å². The van der Waals surface area contributed by atoms with E-state index >= 15 is 0 Å². The van der Waals surface area contributed by atoms with Gasteiger partial charge in [0.15, 0.2) is 5.69 Å². The highest BCUT2D eigenvalue weighted by atomic mass is 16.5. The highest BCUT2D eigenvalue weighted by Gasteiger charge is 2.50. The number of carboxylic acid groups (broad SMARTS) is 1. The average molecular weight is 258 g/mol. The van der Waals surface area contributed by atoms with Crippen molar-refractivity contribution in [3.8, 4) is 0 Å². The lowest BCUT2D eigenvalue weighted by Gasteiger charge is -2.20. The number of carbonyl (C=O) groups is 1. The van der Waals surface area contributed by atoms with E-state index < -0.39 is 5.97 Å². The number of aromatic nitrogens is 1. The minimum absolute atomic E-state index is 0.104. The molecule has 0 amide bonds. The van der Waals surface area contributed by atoms with Gasteiger partial charge >= 0.3 is 5.97 Å². The summed E-state index contributed by atoms with van der Waals surface area (Å²) in [6.45, 7) is 1.79. The van der Waals surface area contributed by atoms with Gasteiger partial charge < -0.3 is 14.7 Å². The maximum Gasteiger partial charge on any atom is 0.354 e. The largest absolute Gasteiger partial charge is 0.477 e. The third-order valence-electron chi connectivity index (χ3n) is 4.34. The van der Waals surface area contributed by atoms with Crippen LogP contribution in [0.4, 0.5) is 5.82 Å². The second-order valence-electron chi connectivity index (χ2n) is 5.37. The van der Waals surface area contributed by atoms with E-state index in [2.05, 4.69) is 22.0 Å². The second-order valence-corrected chi connectivity index (χ2v) is 5.37. The monoisotopic (exact) mass is 258 g/mol. The van der Waals surface area contributed by atoms with Crippen molar-refractivity contribution in [2.24, 2.45) is 11.8 Å². The Bertz CT molecular complexity index is 552. The van der Waals surface area contributed by atoms with Crippen LogP contribution in [0, 0.1) is 11.8 Å². The van der Waals surface area contributed by atoms with Crippen molar-refractivity contribution in [2.75, 3.05) is 18.0 Å². The van der Waals surface area contributed by atoms with E-state index in [1.807, 2.05) is 6.07 Å². The SMILES string of the molecule is O=C(O)c1cccc(N2CC3C4C=CC(O4)C3C2)n1. The van der Waals surface area contributed by atoms with E-state index in [4.69, 9.17) is 9.84 Å². The van der Waals surface area contributed by atoms with Gasteiger partial charge in [0.1, 0.15) is 5.82 Å². The summed E-state index contributed by atoms with van der Waals surface area (Å²) >= 11 is 0. The molecule has 3 aliphatic rings. The van der Waals surface area contributed by atoms with E-state index in [-0.39, 0.29) is 17.9 Å². The Kier molecular flexibility index (Phi) is 2.20. The molecule has 1 N–H and O–H groups in total. The highest BCUT2D eigenvalue weighted by molar-refractivity contribution is 5.85. The van der Waals surface area contributed by atoms with E-state index in [1.165, 1.54) is 6.07 Å². The van der Waals surface area contributed by atoms with E-state index in [9.17, 15) is 4.79 Å². The highest BCUT2D eigenvalue weighted by Crippen LogP contribution is 2.44. The zero-order valence-corrected chi connectivity index (χ0v) is 10.3. The summed E-state index contributed by atoms with van der Waals surface area (Å²) in [6, 6.07) is 5.16. The number of carboxylic acids is 1. The molecule has 1 aromatic heterocycles. The van der Waals surface area contributed by atoms with Gasteiger partial charge in [0, 0.05) is 24.9 Å². The Morgan fingerprint density at radius 3 is 2.58 bits per heavy atom. The van der Waals surface area contributed by atoms with Gasteiger partial charge in [-0.3, -0.25) is 0 Å². The summed E-state index contributed by atoms with van der Waals surface area (Å²) in [7, 11) is 0. The first kappa shape index (κ1) is 11.0. The molecule has 98 valence electrons. The van der Waals surface area contributed by atoms with E-state index in [1.54, 1.807) is 6.07 Å². The molecule has 4 atom stereocenters. The molecule has 19 heavy (non-hydrogen) atoms. The van der Waals surface area contributed by atoms with Crippen LogP contribution in [0.5, 0.6) is 0 Å². The van der Waals surface area contributed by atoms with Gasteiger partial charge in [-0.25, -0.2) is 9.78 Å². The van der Waals surface area contributed by atoms with Gasteiger partial charge in [0.25, 0.3) is 0 Å². The predicted octanol–water partition coefficient (Wildman–Crippen LogP) is 1.17.